The van der Waals surface area contributed by atoms with Crippen LogP contribution >= 0.6 is 15.6 Å². The first-order valence-corrected chi connectivity index (χ1v) is 13.5. The Labute approximate surface area is 198 Å². The molecule has 3 heterocycles. The first-order valence-electron chi connectivity index (χ1n) is 10.5. The van der Waals surface area contributed by atoms with Gasteiger partial charge >= 0.3 is 21.3 Å². The second-order valence-corrected chi connectivity index (χ2v) is 11.8. The third-order valence-electron chi connectivity index (χ3n) is 5.61. The Morgan fingerprint density at radius 2 is 1.91 bits per heavy atom. The summed E-state index contributed by atoms with van der Waals surface area (Å²) in [6.07, 6.45) is -5.97. The number of aromatic nitrogens is 2. The number of nitrogens with zero attached hydrogens (tertiary/aromatic N) is 1. The Kier molecular flexibility index (Phi) is 8.29. The number of hydrogen-bond donors (Lipinski definition) is 6. The minimum atomic E-state index is -5.22. The lowest BCUT2D eigenvalue weighted by Gasteiger charge is -2.42. The highest BCUT2D eigenvalue weighted by Gasteiger charge is 2.46. The molecule has 0 amide bonds. The lowest BCUT2D eigenvalue weighted by molar-refractivity contribution is -0.208. The van der Waals surface area contributed by atoms with Crippen LogP contribution in [-0.2, 0) is 32.0 Å². The average Bonchev–Trinajstić information content (AvgIpc) is 3.06. The molecule has 2 aliphatic rings. The average molecular weight is 545 g/mol. The Hall–Kier alpha value is -1.26. The van der Waals surface area contributed by atoms with E-state index in [1.165, 1.54) is 27.0 Å². The van der Waals surface area contributed by atoms with Gasteiger partial charge in [0.25, 0.3) is 5.56 Å². The molecule has 1 aromatic heterocycles. The quantitative estimate of drug-likeness (QED) is 0.214. The molecule has 16 nitrogen and oxygen atoms in total. The normalized spacial score (nSPS) is 37.0. The Morgan fingerprint density at radius 1 is 1.26 bits per heavy atom. The summed E-state index contributed by atoms with van der Waals surface area (Å²) in [4.78, 5) is 45.4. The number of hydrogen-bond acceptors (Lipinski definition) is 12. The maximum Gasteiger partial charge on any atom is 0.483 e. The monoisotopic (exact) mass is 545 g/mol. The lowest BCUT2D eigenvalue weighted by atomic mass is 9.86. The second kappa shape index (κ2) is 10.2. The van der Waals surface area contributed by atoms with Crippen molar-refractivity contribution >= 4 is 15.6 Å². The highest BCUT2D eigenvalue weighted by molar-refractivity contribution is 7.61. The van der Waals surface area contributed by atoms with Crippen molar-refractivity contribution in [1.29, 1.82) is 0 Å². The molecule has 0 saturated carbocycles. The van der Waals surface area contributed by atoms with E-state index in [0.717, 1.165) is 4.57 Å². The van der Waals surface area contributed by atoms with Crippen molar-refractivity contribution in [3.63, 3.8) is 0 Å². The van der Waals surface area contributed by atoms with Gasteiger partial charge in [0.05, 0.1) is 24.9 Å². The van der Waals surface area contributed by atoms with Gasteiger partial charge in [-0.05, 0) is 20.8 Å². The third-order valence-corrected chi connectivity index (χ3v) is 8.24. The standard InChI is InChI=1S/C17H29N3O13P2/c1-8-6-20(16(24)19-15(8)23)12-4-10(21)11(31-12)7-29-34(25,26)33-35(27,28)32-13-5-17(3,18)14(22)9(2)30-13/h6,9-14,21-22H,4-5,7,18H2,1-3H3,(H,25,26)(H,27,28)(H,19,23,24)/t9-,10-,11+,12+,13+,14-,17-/m0/s1. The van der Waals surface area contributed by atoms with E-state index in [4.69, 9.17) is 19.7 Å². The molecule has 7 N–H and O–H groups in total. The van der Waals surface area contributed by atoms with Gasteiger partial charge in [0.15, 0.2) is 6.29 Å². The highest BCUT2D eigenvalue weighted by Crippen LogP contribution is 2.61. The molecule has 0 bridgehead atoms. The predicted molar refractivity (Wildman–Crippen MR) is 116 cm³/mol. The summed E-state index contributed by atoms with van der Waals surface area (Å²) in [7, 11) is -10.4. The van der Waals surface area contributed by atoms with Gasteiger partial charge < -0.3 is 35.2 Å². The third kappa shape index (κ3) is 6.95. The molecule has 18 heteroatoms. The van der Waals surface area contributed by atoms with Crippen molar-refractivity contribution in [2.24, 2.45) is 5.73 Å². The van der Waals surface area contributed by atoms with Crippen molar-refractivity contribution < 1.29 is 52.0 Å². The Bertz CT molecular complexity index is 1140. The molecule has 35 heavy (non-hydrogen) atoms. The van der Waals surface area contributed by atoms with E-state index in [0.29, 0.717) is 0 Å². The van der Waals surface area contributed by atoms with Crippen molar-refractivity contribution in [2.75, 3.05) is 6.61 Å². The van der Waals surface area contributed by atoms with E-state index in [-0.39, 0.29) is 18.4 Å². The van der Waals surface area contributed by atoms with Crippen LogP contribution < -0.4 is 17.0 Å². The minimum absolute atomic E-state index is 0.113. The van der Waals surface area contributed by atoms with E-state index in [1.54, 1.807) is 0 Å². The van der Waals surface area contributed by atoms with Crippen molar-refractivity contribution in [1.82, 2.24) is 9.55 Å². The molecule has 0 aromatic carbocycles. The molecule has 0 aliphatic carbocycles. The van der Waals surface area contributed by atoms with Crippen LogP contribution in [0.3, 0.4) is 0 Å². The number of aryl methyl sites for hydroxylation is 1. The number of rotatable bonds is 8. The van der Waals surface area contributed by atoms with Crippen LogP contribution in [0, 0.1) is 6.92 Å². The zero-order valence-electron chi connectivity index (χ0n) is 19.0. The molecule has 2 aliphatic heterocycles. The number of H-pyrrole nitrogens is 1. The molecule has 2 saturated heterocycles. The van der Waals surface area contributed by atoms with Crippen LogP contribution in [0.5, 0.6) is 0 Å². The molecular weight excluding hydrogens is 516 g/mol. The van der Waals surface area contributed by atoms with Crippen LogP contribution in [0.25, 0.3) is 0 Å². The smallest absolute Gasteiger partial charge is 0.390 e. The zero-order valence-corrected chi connectivity index (χ0v) is 20.8. The number of phosphoric acid groups is 2. The van der Waals surface area contributed by atoms with Crippen LogP contribution in [0.1, 0.15) is 38.5 Å². The summed E-state index contributed by atoms with van der Waals surface area (Å²) in [5.74, 6) is 0. The summed E-state index contributed by atoms with van der Waals surface area (Å²) >= 11 is 0. The van der Waals surface area contributed by atoms with E-state index in [1.807, 2.05) is 0 Å². The number of nitrogens with one attached hydrogen (secondary N) is 1. The largest absolute Gasteiger partial charge is 0.483 e. The summed E-state index contributed by atoms with van der Waals surface area (Å²) in [6.45, 7) is 3.63. The number of aliphatic hydroxyl groups excluding tert-OH is 2. The fourth-order valence-corrected chi connectivity index (χ4v) is 5.91. The number of nitrogens with two attached hydrogens (primary N) is 1. The van der Waals surface area contributed by atoms with Gasteiger partial charge in [-0.15, -0.1) is 0 Å². The van der Waals surface area contributed by atoms with Gasteiger partial charge in [-0.3, -0.25) is 23.4 Å². The van der Waals surface area contributed by atoms with Crippen molar-refractivity contribution in [2.45, 2.75) is 76.1 Å². The maximum absolute atomic E-state index is 12.3. The van der Waals surface area contributed by atoms with Gasteiger partial charge in [0.1, 0.15) is 12.3 Å². The summed E-state index contributed by atoms with van der Waals surface area (Å²) in [6, 6.07) is 0. The van der Waals surface area contributed by atoms with Gasteiger partial charge in [0, 0.05) is 30.1 Å². The number of phosphoric ester groups is 2. The van der Waals surface area contributed by atoms with E-state index < -0.39 is 76.0 Å². The second-order valence-electron chi connectivity index (χ2n) is 8.76. The van der Waals surface area contributed by atoms with Crippen LogP contribution in [0.15, 0.2) is 15.8 Å². The molecule has 2 unspecified atom stereocenters. The minimum Gasteiger partial charge on any atom is -0.390 e. The molecule has 0 radical (unpaired) electrons. The fourth-order valence-electron chi connectivity index (χ4n) is 3.77. The highest BCUT2D eigenvalue weighted by atomic mass is 31.3. The summed E-state index contributed by atoms with van der Waals surface area (Å²) in [5, 5.41) is 20.2. The van der Waals surface area contributed by atoms with E-state index in [9.17, 15) is 38.7 Å². The predicted octanol–water partition coefficient (Wildman–Crippen LogP) is -1.04. The van der Waals surface area contributed by atoms with Crippen molar-refractivity contribution in [3.05, 3.63) is 32.6 Å². The number of ether oxygens (including phenoxy) is 2. The molecular formula is C17H29N3O13P2. The van der Waals surface area contributed by atoms with Crippen LogP contribution in [0.2, 0.25) is 0 Å². The van der Waals surface area contributed by atoms with Crippen LogP contribution in [-0.4, -0.2) is 72.4 Å². The summed E-state index contributed by atoms with van der Waals surface area (Å²) in [5.41, 5.74) is 3.54. The first-order chi connectivity index (χ1) is 16.0. The molecule has 1 aromatic rings. The SMILES string of the molecule is Cc1cn([C@H]2C[C@H](O)[C@@H](COP(=O)(O)OP(=O)(O)O[C@@H]3C[C@](C)(N)[C@@H](O)[C@H](C)O3)O2)c(=O)[nH]c1=O. The topological polar surface area (TPSA) is 242 Å². The van der Waals surface area contributed by atoms with E-state index in [2.05, 4.69) is 13.8 Å². The molecule has 9 atom stereocenters. The molecule has 200 valence electrons. The summed E-state index contributed by atoms with van der Waals surface area (Å²) < 4.78 is 50.0. The van der Waals surface area contributed by atoms with Gasteiger partial charge in [-0.25, -0.2) is 13.9 Å². The van der Waals surface area contributed by atoms with Gasteiger partial charge in [-0.2, -0.15) is 4.31 Å². The van der Waals surface area contributed by atoms with Gasteiger partial charge in [0.2, 0.25) is 0 Å². The fraction of sp³-hybridized carbons (Fsp3) is 0.765. The molecule has 3 rings (SSSR count). The molecule has 2 fully saturated rings. The molecule has 0 spiro atoms. The number of aromatic amines is 1. The zero-order chi connectivity index (χ0) is 26.3. The van der Waals surface area contributed by atoms with E-state index >= 15 is 0 Å². The first kappa shape index (κ1) is 28.3. The van der Waals surface area contributed by atoms with Gasteiger partial charge in [-0.1, -0.05) is 0 Å². The van der Waals surface area contributed by atoms with Crippen molar-refractivity contribution in [3.8, 4) is 0 Å². The Morgan fingerprint density at radius 3 is 2.54 bits per heavy atom. The lowest BCUT2D eigenvalue weighted by Crippen LogP contribution is -2.60. The Balaban J connectivity index is 1.58. The maximum atomic E-state index is 12.3. The van der Waals surface area contributed by atoms with Crippen LogP contribution in [0.4, 0.5) is 0 Å². The number of aliphatic hydroxyl groups is 2.